The highest BCUT2D eigenvalue weighted by Gasteiger charge is 2.08. The fourth-order valence-electron chi connectivity index (χ4n) is 2.47. The second-order valence-corrected chi connectivity index (χ2v) is 7.47. The third-order valence-corrected chi connectivity index (χ3v) is 4.49. The summed E-state index contributed by atoms with van der Waals surface area (Å²) in [5, 5.41) is 3.44. The standard InChI is InChI=1S/C21H23N3O2S/c1-15(2)14-22-20(25)13-17-8-10-18(11-9-17)26-21-23-19(24-27-21)12-16-6-4-3-5-7-16/h3-11,15H,12-14H2,1-2H3,(H,22,25). The van der Waals surface area contributed by atoms with E-state index in [0.29, 0.717) is 36.2 Å². The van der Waals surface area contributed by atoms with Crippen LogP contribution in [-0.4, -0.2) is 21.8 Å². The molecular weight excluding hydrogens is 358 g/mol. The number of carbonyl (C=O) groups excluding carboxylic acids is 1. The zero-order valence-corrected chi connectivity index (χ0v) is 16.3. The Hall–Kier alpha value is -2.73. The van der Waals surface area contributed by atoms with Gasteiger partial charge < -0.3 is 10.1 Å². The molecule has 1 N–H and O–H groups in total. The fraction of sp³-hybridized carbons (Fsp3) is 0.286. The topological polar surface area (TPSA) is 64.1 Å². The lowest BCUT2D eigenvalue weighted by Crippen LogP contribution is -2.28. The van der Waals surface area contributed by atoms with Crippen LogP contribution < -0.4 is 10.1 Å². The molecule has 0 aliphatic heterocycles. The van der Waals surface area contributed by atoms with Gasteiger partial charge in [-0.3, -0.25) is 4.79 Å². The van der Waals surface area contributed by atoms with Crippen LogP contribution in [0.5, 0.6) is 10.9 Å². The third kappa shape index (κ3) is 6.18. The molecule has 0 spiro atoms. The molecule has 1 heterocycles. The second kappa shape index (κ2) is 9.28. The van der Waals surface area contributed by atoms with Crippen molar-refractivity contribution in [1.82, 2.24) is 14.7 Å². The minimum absolute atomic E-state index is 0.0343. The summed E-state index contributed by atoms with van der Waals surface area (Å²) in [5.41, 5.74) is 2.12. The first-order valence-corrected chi connectivity index (χ1v) is 9.76. The fourth-order valence-corrected chi connectivity index (χ4v) is 3.04. The lowest BCUT2D eigenvalue weighted by Gasteiger charge is -2.08. The molecule has 0 fully saturated rings. The van der Waals surface area contributed by atoms with Gasteiger partial charge >= 0.3 is 0 Å². The van der Waals surface area contributed by atoms with E-state index in [1.54, 1.807) is 0 Å². The maximum atomic E-state index is 11.9. The van der Waals surface area contributed by atoms with Crippen LogP contribution in [0.4, 0.5) is 0 Å². The summed E-state index contributed by atoms with van der Waals surface area (Å²) in [5.74, 6) is 1.92. The van der Waals surface area contributed by atoms with Crippen molar-refractivity contribution < 1.29 is 9.53 Å². The van der Waals surface area contributed by atoms with Crippen LogP contribution in [0.25, 0.3) is 0 Å². The molecule has 0 unspecified atom stereocenters. The highest BCUT2D eigenvalue weighted by molar-refractivity contribution is 7.07. The Bertz CT molecular complexity index is 861. The summed E-state index contributed by atoms with van der Waals surface area (Å²) in [6.45, 7) is 4.85. The normalized spacial score (nSPS) is 10.8. The van der Waals surface area contributed by atoms with Gasteiger partial charge in [0.1, 0.15) is 5.75 Å². The summed E-state index contributed by atoms with van der Waals surface area (Å²) in [6.07, 6.45) is 1.05. The molecule has 0 saturated heterocycles. The molecule has 0 radical (unpaired) electrons. The molecule has 3 rings (SSSR count). The van der Waals surface area contributed by atoms with Gasteiger partial charge in [-0.1, -0.05) is 56.3 Å². The van der Waals surface area contributed by atoms with Crippen molar-refractivity contribution in [3.05, 3.63) is 71.5 Å². The van der Waals surface area contributed by atoms with E-state index in [9.17, 15) is 4.79 Å². The number of aromatic nitrogens is 2. The van der Waals surface area contributed by atoms with Crippen LogP contribution in [0, 0.1) is 5.92 Å². The minimum Gasteiger partial charge on any atom is -0.430 e. The molecule has 0 atom stereocenters. The van der Waals surface area contributed by atoms with Crippen LogP contribution in [-0.2, 0) is 17.6 Å². The van der Waals surface area contributed by atoms with E-state index in [4.69, 9.17) is 4.74 Å². The van der Waals surface area contributed by atoms with Crippen LogP contribution in [0.2, 0.25) is 0 Å². The average Bonchev–Trinajstić information content (AvgIpc) is 3.09. The first-order valence-electron chi connectivity index (χ1n) is 8.98. The smallest absolute Gasteiger partial charge is 0.298 e. The predicted molar refractivity (Wildman–Crippen MR) is 107 cm³/mol. The first-order chi connectivity index (χ1) is 13.1. The Balaban J connectivity index is 1.53. The van der Waals surface area contributed by atoms with Crippen molar-refractivity contribution in [3.8, 4) is 10.9 Å². The summed E-state index contributed by atoms with van der Waals surface area (Å²) in [7, 11) is 0. The molecule has 3 aromatic rings. The molecule has 1 amide bonds. The van der Waals surface area contributed by atoms with Gasteiger partial charge in [0.15, 0.2) is 5.82 Å². The molecule has 0 bridgehead atoms. The molecule has 140 valence electrons. The molecule has 0 saturated carbocycles. The number of nitrogens with one attached hydrogen (secondary N) is 1. The maximum absolute atomic E-state index is 11.9. The van der Waals surface area contributed by atoms with Gasteiger partial charge in [-0.25, -0.2) is 0 Å². The second-order valence-electron chi connectivity index (χ2n) is 6.76. The van der Waals surface area contributed by atoms with E-state index in [2.05, 4.69) is 40.7 Å². The summed E-state index contributed by atoms with van der Waals surface area (Å²) < 4.78 is 10.1. The molecule has 0 aliphatic rings. The van der Waals surface area contributed by atoms with E-state index in [0.717, 1.165) is 11.4 Å². The zero-order valence-electron chi connectivity index (χ0n) is 15.5. The molecule has 6 heteroatoms. The number of benzene rings is 2. The largest absolute Gasteiger partial charge is 0.430 e. The van der Waals surface area contributed by atoms with Crippen molar-refractivity contribution >= 4 is 17.4 Å². The van der Waals surface area contributed by atoms with Gasteiger partial charge in [0.25, 0.3) is 5.19 Å². The van der Waals surface area contributed by atoms with E-state index >= 15 is 0 Å². The summed E-state index contributed by atoms with van der Waals surface area (Å²) in [6, 6.07) is 17.6. The number of hydrogen-bond donors (Lipinski definition) is 1. The molecule has 5 nitrogen and oxygen atoms in total. The van der Waals surface area contributed by atoms with Crippen molar-refractivity contribution in [2.24, 2.45) is 5.92 Å². The maximum Gasteiger partial charge on any atom is 0.298 e. The van der Waals surface area contributed by atoms with Crippen LogP contribution in [0.15, 0.2) is 54.6 Å². The number of hydrogen-bond acceptors (Lipinski definition) is 5. The number of nitrogens with zero attached hydrogens (tertiary/aromatic N) is 2. The van der Waals surface area contributed by atoms with Gasteiger partial charge in [0, 0.05) is 24.5 Å². The van der Waals surface area contributed by atoms with Gasteiger partial charge in [-0.2, -0.15) is 9.36 Å². The Morgan fingerprint density at radius 2 is 1.81 bits per heavy atom. The van der Waals surface area contributed by atoms with Gasteiger partial charge in [0.05, 0.1) is 6.42 Å². The molecule has 27 heavy (non-hydrogen) atoms. The van der Waals surface area contributed by atoms with Gasteiger partial charge in [-0.05, 0) is 29.2 Å². The van der Waals surface area contributed by atoms with Crippen molar-refractivity contribution in [1.29, 1.82) is 0 Å². The van der Waals surface area contributed by atoms with Crippen LogP contribution in [0.3, 0.4) is 0 Å². The molecule has 0 aliphatic carbocycles. The van der Waals surface area contributed by atoms with E-state index in [1.807, 2.05) is 42.5 Å². The van der Waals surface area contributed by atoms with Crippen molar-refractivity contribution in [2.45, 2.75) is 26.7 Å². The SMILES string of the molecule is CC(C)CNC(=O)Cc1ccc(Oc2nc(Cc3ccccc3)ns2)cc1. The van der Waals surface area contributed by atoms with Gasteiger partial charge in [0.2, 0.25) is 5.91 Å². The third-order valence-electron chi connectivity index (χ3n) is 3.86. The van der Waals surface area contributed by atoms with E-state index in [1.165, 1.54) is 17.1 Å². The lowest BCUT2D eigenvalue weighted by molar-refractivity contribution is -0.120. The minimum atomic E-state index is 0.0343. The van der Waals surface area contributed by atoms with Crippen molar-refractivity contribution in [2.75, 3.05) is 6.54 Å². The van der Waals surface area contributed by atoms with E-state index in [-0.39, 0.29) is 5.91 Å². The molecule has 1 aromatic heterocycles. The molecular formula is C21H23N3O2S. The Morgan fingerprint density at radius 1 is 1.07 bits per heavy atom. The zero-order chi connectivity index (χ0) is 19.1. The van der Waals surface area contributed by atoms with Crippen molar-refractivity contribution in [3.63, 3.8) is 0 Å². The monoisotopic (exact) mass is 381 g/mol. The molecule has 2 aromatic carbocycles. The Kier molecular flexibility index (Phi) is 6.54. The number of ether oxygens (including phenoxy) is 1. The summed E-state index contributed by atoms with van der Waals surface area (Å²) in [4.78, 5) is 16.3. The quantitative estimate of drug-likeness (QED) is 0.634. The predicted octanol–water partition coefficient (Wildman–Crippen LogP) is 4.24. The Labute approximate surface area is 163 Å². The first kappa shape index (κ1) is 19.0. The summed E-state index contributed by atoms with van der Waals surface area (Å²) >= 11 is 1.24. The highest BCUT2D eigenvalue weighted by Crippen LogP contribution is 2.24. The lowest BCUT2D eigenvalue weighted by atomic mass is 10.1. The van der Waals surface area contributed by atoms with Crippen LogP contribution in [0.1, 0.15) is 30.8 Å². The number of rotatable bonds is 8. The number of carbonyl (C=O) groups is 1. The van der Waals surface area contributed by atoms with E-state index < -0.39 is 0 Å². The average molecular weight is 382 g/mol. The van der Waals surface area contributed by atoms with Gasteiger partial charge in [-0.15, -0.1) is 0 Å². The van der Waals surface area contributed by atoms with Crippen LogP contribution >= 0.6 is 11.5 Å². The number of amides is 1. The Morgan fingerprint density at radius 3 is 2.52 bits per heavy atom. The highest BCUT2D eigenvalue weighted by atomic mass is 32.1.